The molecular formula is C17H24N2O. The van der Waals surface area contributed by atoms with Crippen LogP contribution < -0.4 is 5.73 Å². The molecular weight excluding hydrogens is 248 g/mol. The highest BCUT2D eigenvalue weighted by Crippen LogP contribution is 2.29. The second-order valence-electron chi connectivity index (χ2n) is 6.32. The van der Waals surface area contributed by atoms with Crippen molar-refractivity contribution in [1.29, 1.82) is 0 Å². The molecule has 1 heterocycles. The summed E-state index contributed by atoms with van der Waals surface area (Å²) in [5.74, 6) is 1.10. The quantitative estimate of drug-likeness (QED) is 0.856. The van der Waals surface area contributed by atoms with Crippen LogP contribution in [0.15, 0.2) is 18.2 Å². The SMILES string of the molecule is Nc1ccc2c(c1)CN(C(=O)CCC1CCCCC1)C2. The van der Waals surface area contributed by atoms with Crippen LogP contribution in [0.1, 0.15) is 56.1 Å². The molecule has 3 heteroatoms. The molecule has 1 aromatic rings. The molecule has 0 aromatic heterocycles. The highest BCUT2D eigenvalue weighted by molar-refractivity contribution is 5.77. The molecule has 1 amide bonds. The smallest absolute Gasteiger partial charge is 0.223 e. The van der Waals surface area contributed by atoms with E-state index in [1.165, 1.54) is 43.2 Å². The largest absolute Gasteiger partial charge is 0.399 e. The lowest BCUT2D eigenvalue weighted by Crippen LogP contribution is -2.25. The van der Waals surface area contributed by atoms with Crippen LogP contribution in [0.2, 0.25) is 0 Å². The number of amides is 1. The first-order chi connectivity index (χ1) is 9.72. The topological polar surface area (TPSA) is 46.3 Å². The van der Waals surface area contributed by atoms with E-state index < -0.39 is 0 Å². The molecule has 1 aromatic carbocycles. The third-order valence-corrected chi connectivity index (χ3v) is 4.80. The van der Waals surface area contributed by atoms with Crippen molar-refractivity contribution in [3.63, 3.8) is 0 Å². The molecule has 1 aliphatic carbocycles. The number of nitrogen functional groups attached to an aromatic ring is 1. The zero-order chi connectivity index (χ0) is 13.9. The van der Waals surface area contributed by atoms with Gasteiger partial charge in [0, 0.05) is 25.2 Å². The number of benzene rings is 1. The summed E-state index contributed by atoms with van der Waals surface area (Å²) in [6.07, 6.45) is 8.53. The van der Waals surface area contributed by atoms with Gasteiger partial charge in [0.2, 0.25) is 5.91 Å². The summed E-state index contributed by atoms with van der Waals surface area (Å²) < 4.78 is 0. The van der Waals surface area contributed by atoms with E-state index in [0.29, 0.717) is 12.3 Å². The van der Waals surface area contributed by atoms with Crippen molar-refractivity contribution in [3.8, 4) is 0 Å². The van der Waals surface area contributed by atoms with Gasteiger partial charge in [-0.05, 0) is 35.6 Å². The van der Waals surface area contributed by atoms with Crippen molar-refractivity contribution >= 4 is 11.6 Å². The van der Waals surface area contributed by atoms with E-state index in [-0.39, 0.29) is 0 Å². The van der Waals surface area contributed by atoms with Gasteiger partial charge in [-0.1, -0.05) is 38.2 Å². The van der Waals surface area contributed by atoms with Gasteiger partial charge in [-0.2, -0.15) is 0 Å². The summed E-state index contributed by atoms with van der Waals surface area (Å²) in [6, 6.07) is 5.98. The molecule has 3 nitrogen and oxygen atoms in total. The molecule has 2 N–H and O–H groups in total. The van der Waals surface area contributed by atoms with Crippen molar-refractivity contribution < 1.29 is 4.79 Å². The summed E-state index contributed by atoms with van der Waals surface area (Å²) in [7, 11) is 0. The lowest BCUT2D eigenvalue weighted by atomic mass is 9.86. The second-order valence-corrected chi connectivity index (χ2v) is 6.32. The predicted octanol–water partition coefficient (Wildman–Crippen LogP) is 3.47. The van der Waals surface area contributed by atoms with Gasteiger partial charge in [-0.25, -0.2) is 0 Å². The molecule has 2 aliphatic rings. The predicted molar refractivity (Wildman–Crippen MR) is 80.9 cm³/mol. The van der Waals surface area contributed by atoms with Gasteiger partial charge >= 0.3 is 0 Å². The van der Waals surface area contributed by atoms with Crippen LogP contribution in [0.25, 0.3) is 0 Å². The molecule has 1 saturated carbocycles. The zero-order valence-electron chi connectivity index (χ0n) is 12.1. The fraction of sp³-hybridized carbons (Fsp3) is 0.588. The lowest BCUT2D eigenvalue weighted by Gasteiger charge is -2.22. The van der Waals surface area contributed by atoms with E-state index >= 15 is 0 Å². The average molecular weight is 272 g/mol. The number of carbonyl (C=O) groups excluding carboxylic acids is 1. The van der Waals surface area contributed by atoms with Crippen LogP contribution in [-0.4, -0.2) is 10.8 Å². The van der Waals surface area contributed by atoms with Gasteiger partial charge in [0.1, 0.15) is 0 Å². The van der Waals surface area contributed by atoms with Crippen LogP contribution in [-0.2, 0) is 17.9 Å². The normalized spacial score (nSPS) is 19.1. The summed E-state index contributed by atoms with van der Waals surface area (Å²) >= 11 is 0. The van der Waals surface area contributed by atoms with Crippen molar-refractivity contribution in [2.45, 2.75) is 58.0 Å². The molecule has 0 atom stereocenters. The molecule has 0 spiro atoms. The number of hydrogen-bond donors (Lipinski definition) is 1. The highest BCUT2D eigenvalue weighted by atomic mass is 16.2. The molecule has 0 radical (unpaired) electrons. The van der Waals surface area contributed by atoms with Gasteiger partial charge < -0.3 is 10.6 Å². The third-order valence-electron chi connectivity index (χ3n) is 4.80. The maximum Gasteiger partial charge on any atom is 0.223 e. The number of nitrogens with two attached hydrogens (primary N) is 1. The summed E-state index contributed by atoms with van der Waals surface area (Å²) in [6.45, 7) is 1.50. The molecule has 0 saturated heterocycles. The Hall–Kier alpha value is -1.51. The van der Waals surface area contributed by atoms with Crippen LogP contribution in [0, 0.1) is 5.92 Å². The zero-order valence-corrected chi connectivity index (χ0v) is 12.1. The van der Waals surface area contributed by atoms with Crippen LogP contribution in [0.3, 0.4) is 0 Å². The van der Waals surface area contributed by atoms with Gasteiger partial charge in [0.15, 0.2) is 0 Å². The van der Waals surface area contributed by atoms with Crippen molar-refractivity contribution in [2.24, 2.45) is 5.92 Å². The van der Waals surface area contributed by atoms with E-state index in [0.717, 1.165) is 31.1 Å². The van der Waals surface area contributed by atoms with Crippen LogP contribution >= 0.6 is 0 Å². The minimum Gasteiger partial charge on any atom is -0.399 e. The van der Waals surface area contributed by atoms with Crippen LogP contribution in [0.5, 0.6) is 0 Å². The monoisotopic (exact) mass is 272 g/mol. The number of fused-ring (bicyclic) bond motifs is 1. The molecule has 108 valence electrons. The number of carbonyl (C=O) groups is 1. The third kappa shape index (κ3) is 2.97. The first-order valence-electron chi connectivity index (χ1n) is 7.87. The number of hydrogen-bond acceptors (Lipinski definition) is 2. The Balaban J connectivity index is 1.52. The van der Waals surface area contributed by atoms with E-state index in [2.05, 4.69) is 6.07 Å². The lowest BCUT2D eigenvalue weighted by molar-refractivity contribution is -0.132. The van der Waals surface area contributed by atoms with Gasteiger partial charge in [0.05, 0.1) is 0 Å². The first kappa shape index (κ1) is 13.5. The van der Waals surface area contributed by atoms with Gasteiger partial charge in [0.25, 0.3) is 0 Å². The number of anilines is 1. The fourth-order valence-electron chi connectivity index (χ4n) is 3.55. The Bertz CT molecular complexity index is 492. The minimum atomic E-state index is 0.311. The van der Waals surface area contributed by atoms with Gasteiger partial charge in [-0.3, -0.25) is 4.79 Å². The Morgan fingerprint density at radius 1 is 1.15 bits per heavy atom. The maximum absolute atomic E-state index is 12.3. The molecule has 20 heavy (non-hydrogen) atoms. The molecule has 0 unspecified atom stereocenters. The van der Waals surface area contributed by atoms with Gasteiger partial charge in [-0.15, -0.1) is 0 Å². The Morgan fingerprint density at radius 3 is 2.70 bits per heavy atom. The van der Waals surface area contributed by atoms with E-state index in [9.17, 15) is 4.79 Å². The number of rotatable bonds is 3. The second kappa shape index (κ2) is 5.86. The number of nitrogens with zero attached hydrogens (tertiary/aromatic N) is 1. The molecule has 3 rings (SSSR count). The Morgan fingerprint density at radius 2 is 1.90 bits per heavy atom. The standard InChI is InChI=1S/C17H24N2O/c18-16-8-7-14-11-19(12-15(14)10-16)17(20)9-6-13-4-2-1-3-5-13/h7-8,10,13H,1-6,9,11-12,18H2. The maximum atomic E-state index is 12.3. The van der Waals surface area contributed by atoms with E-state index in [1.54, 1.807) is 0 Å². The van der Waals surface area contributed by atoms with E-state index in [4.69, 9.17) is 5.73 Å². The molecule has 0 bridgehead atoms. The molecule has 1 aliphatic heterocycles. The molecule has 1 fully saturated rings. The van der Waals surface area contributed by atoms with Crippen molar-refractivity contribution in [2.75, 3.05) is 5.73 Å². The summed E-state index contributed by atoms with van der Waals surface area (Å²) in [4.78, 5) is 14.3. The van der Waals surface area contributed by atoms with Crippen molar-refractivity contribution in [3.05, 3.63) is 29.3 Å². The summed E-state index contributed by atoms with van der Waals surface area (Å²) in [5, 5.41) is 0. The Kier molecular flexibility index (Phi) is 3.95. The van der Waals surface area contributed by atoms with Crippen LogP contribution in [0.4, 0.5) is 5.69 Å². The highest BCUT2D eigenvalue weighted by Gasteiger charge is 2.24. The summed E-state index contributed by atoms with van der Waals surface area (Å²) in [5.41, 5.74) is 9.07. The fourth-order valence-corrected chi connectivity index (χ4v) is 3.55. The average Bonchev–Trinajstić information content (AvgIpc) is 2.89. The Labute approximate surface area is 121 Å². The minimum absolute atomic E-state index is 0.311. The first-order valence-corrected chi connectivity index (χ1v) is 7.87. The van der Waals surface area contributed by atoms with Crippen molar-refractivity contribution in [1.82, 2.24) is 4.90 Å². The van der Waals surface area contributed by atoms with E-state index in [1.807, 2.05) is 17.0 Å².